The van der Waals surface area contributed by atoms with E-state index >= 15 is 0 Å². The molecule has 2 aliphatic rings. The average Bonchev–Trinajstić information content (AvgIpc) is 3.36. The van der Waals surface area contributed by atoms with Crippen LogP contribution in [0.15, 0.2) is 48.5 Å². The van der Waals surface area contributed by atoms with Gasteiger partial charge in [0.05, 0.1) is 19.1 Å². The molecular weight excluding hydrogens is 440 g/mol. The van der Waals surface area contributed by atoms with Gasteiger partial charge in [-0.2, -0.15) is 0 Å². The summed E-state index contributed by atoms with van der Waals surface area (Å²) in [6, 6.07) is 14.7. The van der Waals surface area contributed by atoms with Gasteiger partial charge in [0.2, 0.25) is 5.91 Å². The Morgan fingerprint density at radius 3 is 2.70 bits per heavy atom. The first kappa shape index (κ1) is 23.6. The molecule has 2 fully saturated rings. The van der Waals surface area contributed by atoms with Crippen molar-refractivity contribution in [3.63, 3.8) is 0 Å². The third-order valence-corrected chi connectivity index (χ3v) is 6.67. The predicted molar refractivity (Wildman–Crippen MR) is 127 cm³/mol. The van der Waals surface area contributed by atoms with Crippen molar-refractivity contribution < 1.29 is 19.1 Å². The smallest absolute Gasteiger partial charge is 0.253 e. The zero-order chi connectivity index (χ0) is 23.2. The molecule has 0 spiro atoms. The first-order valence-electron chi connectivity index (χ1n) is 11.6. The van der Waals surface area contributed by atoms with Gasteiger partial charge in [-0.1, -0.05) is 23.7 Å². The summed E-state index contributed by atoms with van der Waals surface area (Å²) in [6.07, 6.45) is 3.65. The molecule has 2 unspecified atom stereocenters. The van der Waals surface area contributed by atoms with Crippen LogP contribution in [-0.4, -0.2) is 61.1 Å². The van der Waals surface area contributed by atoms with Crippen molar-refractivity contribution in [3.8, 4) is 5.75 Å². The highest BCUT2D eigenvalue weighted by Crippen LogP contribution is 2.24. The molecule has 2 heterocycles. The van der Waals surface area contributed by atoms with Crippen molar-refractivity contribution in [2.24, 2.45) is 5.92 Å². The lowest BCUT2D eigenvalue weighted by Gasteiger charge is -2.36. The van der Waals surface area contributed by atoms with Gasteiger partial charge < -0.3 is 19.3 Å². The zero-order valence-electron chi connectivity index (χ0n) is 19.0. The number of likely N-dealkylation sites (tertiary alicyclic amines) is 1. The topological polar surface area (TPSA) is 59.1 Å². The van der Waals surface area contributed by atoms with Crippen LogP contribution in [0.3, 0.4) is 0 Å². The van der Waals surface area contributed by atoms with Crippen LogP contribution < -0.4 is 4.74 Å². The van der Waals surface area contributed by atoms with Crippen molar-refractivity contribution in [1.29, 1.82) is 0 Å². The maximum Gasteiger partial charge on any atom is 0.253 e. The number of nitrogens with zero attached hydrogens (tertiary/aromatic N) is 2. The maximum atomic E-state index is 13.7. The third kappa shape index (κ3) is 6.06. The Labute approximate surface area is 200 Å². The quantitative estimate of drug-likeness (QED) is 0.601. The molecule has 7 heteroatoms. The minimum Gasteiger partial charge on any atom is -0.497 e. The summed E-state index contributed by atoms with van der Waals surface area (Å²) in [4.78, 5) is 30.4. The van der Waals surface area contributed by atoms with E-state index in [4.69, 9.17) is 21.1 Å². The fraction of sp³-hybridized carbons (Fsp3) is 0.462. The molecule has 0 N–H and O–H groups in total. The average molecular weight is 471 g/mol. The number of halogens is 1. The number of carbonyl (C=O) groups is 2. The van der Waals surface area contributed by atoms with Crippen LogP contribution in [0, 0.1) is 5.92 Å². The van der Waals surface area contributed by atoms with Crippen molar-refractivity contribution in [2.75, 3.05) is 33.4 Å². The molecule has 0 saturated carbocycles. The summed E-state index contributed by atoms with van der Waals surface area (Å²) in [7, 11) is 1.64. The molecule has 0 aliphatic carbocycles. The van der Waals surface area contributed by atoms with E-state index in [1.165, 1.54) is 0 Å². The number of piperidine rings is 1. The predicted octanol–water partition coefficient (Wildman–Crippen LogP) is 4.41. The number of amides is 2. The Balaban J connectivity index is 1.47. The number of rotatable bonds is 7. The van der Waals surface area contributed by atoms with Crippen molar-refractivity contribution in [2.45, 2.75) is 38.3 Å². The van der Waals surface area contributed by atoms with Crippen LogP contribution in [0.1, 0.15) is 41.6 Å². The molecule has 0 aromatic heterocycles. The summed E-state index contributed by atoms with van der Waals surface area (Å²) in [6.45, 7) is 2.90. The second kappa shape index (κ2) is 11.0. The lowest BCUT2D eigenvalue weighted by Crippen LogP contribution is -2.48. The summed E-state index contributed by atoms with van der Waals surface area (Å²) < 4.78 is 11.2. The molecule has 2 aliphatic heterocycles. The Bertz CT molecular complexity index is 959. The van der Waals surface area contributed by atoms with Gasteiger partial charge in [-0.3, -0.25) is 9.59 Å². The number of ether oxygens (including phenoxy) is 2. The number of hydrogen-bond donors (Lipinski definition) is 0. The first-order chi connectivity index (χ1) is 16.0. The lowest BCUT2D eigenvalue weighted by molar-refractivity contribution is -0.139. The number of methoxy groups -OCH3 is 1. The van der Waals surface area contributed by atoms with E-state index < -0.39 is 0 Å². The Morgan fingerprint density at radius 1 is 1.15 bits per heavy atom. The maximum absolute atomic E-state index is 13.7. The van der Waals surface area contributed by atoms with Crippen LogP contribution in [0.4, 0.5) is 0 Å². The van der Waals surface area contributed by atoms with Crippen LogP contribution in [0.25, 0.3) is 0 Å². The normalized spacial score (nSPS) is 20.5. The van der Waals surface area contributed by atoms with E-state index in [9.17, 15) is 9.59 Å². The SMILES string of the molecule is COc1cccc(CN(CC2CCCO2)C(=O)C2CCCN(C(=O)c3ccc(Cl)cc3)C2)c1. The van der Waals surface area contributed by atoms with Gasteiger partial charge in [0, 0.05) is 43.4 Å². The van der Waals surface area contributed by atoms with E-state index in [0.717, 1.165) is 43.6 Å². The van der Waals surface area contributed by atoms with Gasteiger partial charge in [-0.05, 0) is 67.6 Å². The van der Waals surface area contributed by atoms with Gasteiger partial charge in [-0.25, -0.2) is 0 Å². The van der Waals surface area contributed by atoms with Crippen molar-refractivity contribution in [3.05, 3.63) is 64.7 Å². The molecular formula is C26H31ClN2O4. The molecule has 2 saturated heterocycles. The molecule has 33 heavy (non-hydrogen) atoms. The summed E-state index contributed by atoms with van der Waals surface area (Å²) >= 11 is 5.96. The van der Waals surface area contributed by atoms with Crippen LogP contribution in [0.2, 0.25) is 5.02 Å². The van der Waals surface area contributed by atoms with Crippen LogP contribution in [-0.2, 0) is 16.1 Å². The molecule has 4 rings (SSSR count). The lowest BCUT2D eigenvalue weighted by atomic mass is 9.95. The highest BCUT2D eigenvalue weighted by molar-refractivity contribution is 6.30. The molecule has 176 valence electrons. The largest absolute Gasteiger partial charge is 0.497 e. The monoisotopic (exact) mass is 470 g/mol. The minimum absolute atomic E-state index is 0.0531. The highest BCUT2D eigenvalue weighted by Gasteiger charge is 2.33. The number of hydrogen-bond acceptors (Lipinski definition) is 4. The molecule has 2 amide bonds. The van der Waals surface area contributed by atoms with Crippen molar-refractivity contribution >= 4 is 23.4 Å². The van der Waals surface area contributed by atoms with Crippen LogP contribution in [0.5, 0.6) is 5.75 Å². The second-order valence-corrected chi connectivity index (χ2v) is 9.24. The second-order valence-electron chi connectivity index (χ2n) is 8.80. The van der Waals surface area contributed by atoms with Gasteiger partial charge >= 0.3 is 0 Å². The third-order valence-electron chi connectivity index (χ3n) is 6.42. The number of benzene rings is 2. The summed E-state index contributed by atoms with van der Waals surface area (Å²) in [5.41, 5.74) is 1.62. The Morgan fingerprint density at radius 2 is 1.97 bits per heavy atom. The van der Waals surface area contributed by atoms with E-state index in [1.807, 2.05) is 29.2 Å². The Hall–Kier alpha value is -2.57. The molecule has 2 aromatic rings. The van der Waals surface area contributed by atoms with Gasteiger partial charge in [0.25, 0.3) is 5.91 Å². The highest BCUT2D eigenvalue weighted by atomic mass is 35.5. The van der Waals surface area contributed by atoms with Crippen LogP contribution >= 0.6 is 11.6 Å². The van der Waals surface area contributed by atoms with Gasteiger partial charge in [0.1, 0.15) is 5.75 Å². The molecule has 0 bridgehead atoms. The summed E-state index contributed by atoms with van der Waals surface area (Å²) in [5, 5.41) is 0.598. The standard InChI is InChI=1S/C26H31ClN2O4/c1-32-23-7-2-5-19(15-23)16-29(18-24-8-4-14-33-24)26(31)21-6-3-13-28(17-21)25(30)20-9-11-22(27)12-10-20/h2,5,7,9-12,15,21,24H,3-4,6,8,13-14,16-18H2,1H3. The first-order valence-corrected chi connectivity index (χ1v) is 12.0. The van der Waals surface area contributed by atoms with Crippen molar-refractivity contribution in [1.82, 2.24) is 9.80 Å². The fourth-order valence-corrected chi connectivity index (χ4v) is 4.78. The van der Waals surface area contributed by atoms with Gasteiger partial charge in [0.15, 0.2) is 0 Å². The molecule has 2 aromatic carbocycles. The zero-order valence-corrected chi connectivity index (χ0v) is 19.8. The summed E-state index contributed by atoms with van der Waals surface area (Å²) in [5.74, 6) is 0.584. The van der Waals surface area contributed by atoms with E-state index in [2.05, 4.69) is 0 Å². The van der Waals surface area contributed by atoms with E-state index in [1.54, 1.807) is 36.3 Å². The molecule has 0 radical (unpaired) electrons. The molecule has 2 atom stereocenters. The minimum atomic E-state index is -0.220. The molecule has 6 nitrogen and oxygen atoms in total. The van der Waals surface area contributed by atoms with E-state index in [-0.39, 0.29) is 23.8 Å². The Kier molecular flexibility index (Phi) is 7.89. The fourth-order valence-electron chi connectivity index (χ4n) is 4.65. The van der Waals surface area contributed by atoms with E-state index in [0.29, 0.717) is 36.8 Å². The number of carbonyl (C=O) groups excluding carboxylic acids is 2. The van der Waals surface area contributed by atoms with Gasteiger partial charge in [-0.15, -0.1) is 0 Å².